The molecule has 3 unspecified atom stereocenters. The molecule has 0 spiro atoms. The maximum Gasteiger partial charge on any atom is 0.165 e. The van der Waals surface area contributed by atoms with Crippen molar-refractivity contribution >= 4 is 0 Å². The normalized spacial score (nSPS) is 29.8. The van der Waals surface area contributed by atoms with Gasteiger partial charge in [0.15, 0.2) is 11.6 Å². The van der Waals surface area contributed by atoms with E-state index in [1.54, 1.807) is 12.1 Å². The van der Waals surface area contributed by atoms with Gasteiger partial charge in [0.25, 0.3) is 0 Å². The Labute approximate surface area is 107 Å². The summed E-state index contributed by atoms with van der Waals surface area (Å²) in [6, 6.07) is 4.67. The minimum Gasteiger partial charge on any atom is -0.490 e. The molecule has 0 heterocycles. The van der Waals surface area contributed by atoms with Gasteiger partial charge in [0.1, 0.15) is 0 Å². The summed E-state index contributed by atoms with van der Waals surface area (Å²) in [6.07, 6.45) is 5.30. The number of aliphatic hydroxyl groups excluding tert-OH is 1. The Kier molecular flexibility index (Phi) is 3.25. The number of fused-ring (bicyclic) bond motifs is 2. The van der Waals surface area contributed by atoms with Gasteiger partial charge in [-0.3, -0.25) is 0 Å². The minimum atomic E-state index is -0.371. The van der Waals surface area contributed by atoms with Crippen molar-refractivity contribution in [3.05, 3.63) is 29.6 Å². The van der Waals surface area contributed by atoms with Gasteiger partial charge in [0, 0.05) is 0 Å². The third-order valence-corrected chi connectivity index (χ3v) is 4.52. The fourth-order valence-corrected chi connectivity index (χ4v) is 3.54. The zero-order valence-electron chi connectivity index (χ0n) is 10.4. The summed E-state index contributed by atoms with van der Waals surface area (Å²) in [5, 5.41) is 8.92. The average Bonchev–Trinajstić information content (AvgIpc) is 2.99. The van der Waals surface area contributed by atoms with E-state index in [4.69, 9.17) is 9.84 Å². The molecule has 2 nitrogen and oxygen atoms in total. The molecule has 2 fully saturated rings. The van der Waals surface area contributed by atoms with Gasteiger partial charge in [-0.1, -0.05) is 12.5 Å². The molecule has 2 aliphatic carbocycles. The molecule has 2 saturated carbocycles. The van der Waals surface area contributed by atoms with E-state index < -0.39 is 0 Å². The lowest BCUT2D eigenvalue weighted by atomic mass is 9.89. The van der Waals surface area contributed by atoms with E-state index >= 15 is 0 Å². The van der Waals surface area contributed by atoms with E-state index in [2.05, 4.69) is 0 Å². The lowest BCUT2D eigenvalue weighted by Gasteiger charge is -2.21. The fraction of sp³-hybridized carbons (Fsp3) is 0.600. The van der Waals surface area contributed by atoms with Crippen LogP contribution in [0.3, 0.4) is 0 Å². The van der Waals surface area contributed by atoms with Gasteiger partial charge < -0.3 is 9.84 Å². The van der Waals surface area contributed by atoms with Gasteiger partial charge in [0.05, 0.1) is 13.2 Å². The summed E-state index contributed by atoms with van der Waals surface area (Å²) in [5.74, 6) is 2.25. The highest BCUT2D eigenvalue weighted by Gasteiger charge is 2.39. The summed E-state index contributed by atoms with van der Waals surface area (Å²) in [6.45, 7) is 0.500. The summed E-state index contributed by atoms with van der Waals surface area (Å²) in [4.78, 5) is 0. The number of aliphatic hydroxyl groups is 1. The van der Waals surface area contributed by atoms with E-state index in [9.17, 15) is 4.39 Å². The van der Waals surface area contributed by atoms with Crippen molar-refractivity contribution in [1.29, 1.82) is 0 Å². The lowest BCUT2D eigenvalue weighted by molar-refractivity contribution is 0.189. The molecule has 18 heavy (non-hydrogen) atoms. The lowest BCUT2D eigenvalue weighted by Crippen LogP contribution is -2.18. The smallest absolute Gasteiger partial charge is 0.165 e. The van der Waals surface area contributed by atoms with Crippen LogP contribution in [-0.2, 0) is 6.61 Å². The van der Waals surface area contributed by atoms with Crippen molar-refractivity contribution in [2.45, 2.75) is 32.3 Å². The van der Waals surface area contributed by atoms with Crippen molar-refractivity contribution in [3.8, 4) is 5.75 Å². The number of benzene rings is 1. The molecule has 1 aromatic carbocycles. The summed E-state index contributed by atoms with van der Waals surface area (Å²) < 4.78 is 19.3. The monoisotopic (exact) mass is 250 g/mol. The first-order valence-corrected chi connectivity index (χ1v) is 6.78. The Morgan fingerprint density at radius 2 is 2.17 bits per heavy atom. The standard InChI is InChI=1S/C15H19FO2/c16-14-7-11(8-17)2-4-15(14)18-9-13-6-10-1-3-12(13)5-10/h2,4,7,10,12-13,17H,1,3,5-6,8-9H2. The molecule has 0 radical (unpaired) electrons. The Morgan fingerprint density at radius 1 is 1.28 bits per heavy atom. The molecule has 0 aliphatic heterocycles. The molecule has 3 rings (SSSR count). The quantitative estimate of drug-likeness (QED) is 0.889. The highest BCUT2D eigenvalue weighted by molar-refractivity contribution is 5.29. The second kappa shape index (κ2) is 4.88. The van der Waals surface area contributed by atoms with Crippen LogP contribution >= 0.6 is 0 Å². The highest BCUT2D eigenvalue weighted by Crippen LogP contribution is 2.48. The van der Waals surface area contributed by atoms with Crippen molar-refractivity contribution in [2.75, 3.05) is 6.61 Å². The molecule has 3 heteroatoms. The predicted octanol–water partition coefficient (Wildman–Crippen LogP) is 3.13. The molecule has 1 N–H and O–H groups in total. The van der Waals surface area contributed by atoms with Gasteiger partial charge in [0.2, 0.25) is 0 Å². The number of hydrogen-bond acceptors (Lipinski definition) is 2. The SMILES string of the molecule is OCc1ccc(OCC2CC3CCC2C3)c(F)c1. The second-order valence-electron chi connectivity index (χ2n) is 5.67. The molecule has 98 valence electrons. The Hall–Kier alpha value is -1.09. The molecule has 2 bridgehead atoms. The predicted molar refractivity (Wildman–Crippen MR) is 66.8 cm³/mol. The van der Waals surface area contributed by atoms with Crippen LogP contribution in [0.4, 0.5) is 4.39 Å². The third-order valence-electron chi connectivity index (χ3n) is 4.52. The first kappa shape index (κ1) is 12.0. The number of hydrogen-bond donors (Lipinski definition) is 1. The van der Waals surface area contributed by atoms with Gasteiger partial charge in [-0.25, -0.2) is 4.39 Å². The van der Waals surface area contributed by atoms with Crippen LogP contribution < -0.4 is 4.74 Å². The van der Waals surface area contributed by atoms with E-state index in [-0.39, 0.29) is 12.4 Å². The first-order chi connectivity index (χ1) is 8.76. The molecular formula is C15H19FO2. The van der Waals surface area contributed by atoms with Crippen LogP contribution in [0.15, 0.2) is 18.2 Å². The molecule has 0 aromatic heterocycles. The van der Waals surface area contributed by atoms with E-state index in [0.717, 1.165) is 11.8 Å². The van der Waals surface area contributed by atoms with Crippen LogP contribution in [0, 0.1) is 23.6 Å². The van der Waals surface area contributed by atoms with Gasteiger partial charge in [-0.15, -0.1) is 0 Å². The van der Waals surface area contributed by atoms with Crippen molar-refractivity contribution in [1.82, 2.24) is 0 Å². The zero-order chi connectivity index (χ0) is 12.5. The third kappa shape index (κ3) is 2.24. The van der Waals surface area contributed by atoms with Gasteiger partial charge in [-0.05, 0) is 54.7 Å². The van der Waals surface area contributed by atoms with E-state index in [0.29, 0.717) is 23.8 Å². The van der Waals surface area contributed by atoms with Crippen LogP contribution in [0.25, 0.3) is 0 Å². The first-order valence-electron chi connectivity index (χ1n) is 6.78. The Balaban J connectivity index is 1.60. The Morgan fingerprint density at radius 3 is 2.78 bits per heavy atom. The second-order valence-corrected chi connectivity index (χ2v) is 5.67. The molecule has 3 atom stereocenters. The van der Waals surface area contributed by atoms with Crippen LogP contribution in [0.2, 0.25) is 0 Å². The number of halogens is 1. The maximum absolute atomic E-state index is 13.7. The number of rotatable bonds is 4. The summed E-state index contributed by atoms with van der Waals surface area (Å²) in [5.41, 5.74) is 0.583. The van der Waals surface area contributed by atoms with Crippen LogP contribution in [0.1, 0.15) is 31.2 Å². The van der Waals surface area contributed by atoms with Crippen molar-refractivity contribution < 1.29 is 14.2 Å². The minimum absolute atomic E-state index is 0.135. The zero-order valence-corrected chi connectivity index (χ0v) is 10.4. The van der Waals surface area contributed by atoms with E-state index in [1.807, 2.05) is 0 Å². The van der Waals surface area contributed by atoms with Crippen LogP contribution in [-0.4, -0.2) is 11.7 Å². The van der Waals surface area contributed by atoms with Crippen LogP contribution in [0.5, 0.6) is 5.75 Å². The van der Waals surface area contributed by atoms with Crippen molar-refractivity contribution in [3.63, 3.8) is 0 Å². The highest BCUT2D eigenvalue weighted by atomic mass is 19.1. The fourth-order valence-electron chi connectivity index (χ4n) is 3.54. The number of ether oxygens (including phenoxy) is 1. The van der Waals surface area contributed by atoms with Gasteiger partial charge in [-0.2, -0.15) is 0 Å². The summed E-state index contributed by atoms with van der Waals surface area (Å²) in [7, 11) is 0. The molecule has 0 amide bonds. The maximum atomic E-state index is 13.7. The molecule has 0 saturated heterocycles. The molecule has 2 aliphatic rings. The molecule has 1 aromatic rings. The summed E-state index contributed by atoms with van der Waals surface area (Å²) >= 11 is 0. The van der Waals surface area contributed by atoms with E-state index in [1.165, 1.54) is 31.7 Å². The van der Waals surface area contributed by atoms with Gasteiger partial charge >= 0.3 is 0 Å². The average molecular weight is 250 g/mol. The Bertz CT molecular complexity index is 433. The largest absolute Gasteiger partial charge is 0.490 e. The molecular weight excluding hydrogens is 231 g/mol. The topological polar surface area (TPSA) is 29.5 Å². The van der Waals surface area contributed by atoms with Crippen molar-refractivity contribution in [2.24, 2.45) is 17.8 Å².